The van der Waals surface area contributed by atoms with Crippen LogP contribution in [-0.4, -0.2) is 36.2 Å². The number of hydrogen-bond donors (Lipinski definition) is 1. The van der Waals surface area contributed by atoms with Crippen molar-refractivity contribution in [2.75, 3.05) is 18.1 Å². The summed E-state index contributed by atoms with van der Waals surface area (Å²) in [4.78, 5) is 17.6. The SMILES string of the molecule is C[C@H](C(N)=O)N(c1ccc(Cl)nc1Cl)C1CCOCC1. The average molecular weight is 318 g/mol. The fourth-order valence-corrected chi connectivity index (χ4v) is 2.86. The first-order valence-corrected chi connectivity index (χ1v) is 7.23. The van der Waals surface area contributed by atoms with E-state index in [2.05, 4.69) is 4.98 Å². The number of primary amides is 1. The number of rotatable bonds is 4. The monoisotopic (exact) mass is 317 g/mol. The molecule has 1 fully saturated rings. The maximum Gasteiger partial charge on any atom is 0.239 e. The molecule has 1 aliphatic rings. The van der Waals surface area contributed by atoms with Crippen molar-refractivity contribution in [3.63, 3.8) is 0 Å². The minimum atomic E-state index is -0.474. The van der Waals surface area contributed by atoms with Gasteiger partial charge in [-0.25, -0.2) is 4.98 Å². The molecule has 1 amide bonds. The van der Waals surface area contributed by atoms with Crippen LogP contribution in [0.15, 0.2) is 12.1 Å². The van der Waals surface area contributed by atoms with Crippen molar-refractivity contribution in [3.8, 4) is 0 Å². The highest BCUT2D eigenvalue weighted by Gasteiger charge is 2.30. The topological polar surface area (TPSA) is 68.5 Å². The summed E-state index contributed by atoms with van der Waals surface area (Å²) in [5.74, 6) is -0.400. The van der Waals surface area contributed by atoms with Crippen molar-refractivity contribution in [1.29, 1.82) is 0 Å². The van der Waals surface area contributed by atoms with E-state index >= 15 is 0 Å². The molecule has 20 heavy (non-hydrogen) atoms. The molecule has 0 aromatic carbocycles. The van der Waals surface area contributed by atoms with Crippen molar-refractivity contribution in [2.24, 2.45) is 5.73 Å². The lowest BCUT2D eigenvalue weighted by Crippen LogP contribution is -2.50. The van der Waals surface area contributed by atoms with Gasteiger partial charge in [-0.3, -0.25) is 4.79 Å². The highest BCUT2D eigenvalue weighted by atomic mass is 35.5. The first kappa shape index (κ1) is 15.4. The third-order valence-corrected chi connectivity index (χ3v) is 3.98. The van der Waals surface area contributed by atoms with E-state index in [0.29, 0.717) is 24.1 Å². The summed E-state index contributed by atoms with van der Waals surface area (Å²) in [5, 5.41) is 0.592. The van der Waals surface area contributed by atoms with Crippen LogP contribution in [0, 0.1) is 0 Å². The smallest absolute Gasteiger partial charge is 0.239 e. The molecule has 0 aliphatic carbocycles. The summed E-state index contributed by atoms with van der Waals surface area (Å²) in [6.07, 6.45) is 1.63. The molecule has 1 aromatic heterocycles. The number of amides is 1. The summed E-state index contributed by atoms with van der Waals surface area (Å²) < 4.78 is 5.36. The number of nitrogens with two attached hydrogens (primary N) is 1. The van der Waals surface area contributed by atoms with Crippen LogP contribution in [0.5, 0.6) is 0 Å². The number of halogens is 2. The van der Waals surface area contributed by atoms with Gasteiger partial charge in [0.15, 0.2) is 5.15 Å². The highest BCUT2D eigenvalue weighted by Crippen LogP contribution is 2.31. The summed E-state index contributed by atoms with van der Waals surface area (Å²) in [7, 11) is 0. The summed E-state index contributed by atoms with van der Waals surface area (Å²) in [6, 6.07) is 3.10. The van der Waals surface area contributed by atoms with Gasteiger partial charge in [0.2, 0.25) is 5.91 Å². The molecule has 0 saturated carbocycles. The van der Waals surface area contributed by atoms with Crippen LogP contribution >= 0.6 is 23.2 Å². The zero-order valence-electron chi connectivity index (χ0n) is 11.2. The van der Waals surface area contributed by atoms with E-state index in [1.165, 1.54) is 0 Å². The summed E-state index contributed by atoms with van der Waals surface area (Å²) >= 11 is 12.0. The van der Waals surface area contributed by atoms with Gasteiger partial charge in [-0.15, -0.1) is 0 Å². The number of carbonyl (C=O) groups is 1. The van der Waals surface area contributed by atoms with Crippen LogP contribution < -0.4 is 10.6 Å². The number of anilines is 1. The summed E-state index contributed by atoms with van der Waals surface area (Å²) in [5.41, 5.74) is 6.13. The average Bonchev–Trinajstić information content (AvgIpc) is 2.42. The second kappa shape index (κ2) is 6.61. The molecule has 110 valence electrons. The van der Waals surface area contributed by atoms with Gasteiger partial charge in [0, 0.05) is 19.3 Å². The molecule has 1 atom stereocenters. The van der Waals surface area contributed by atoms with Gasteiger partial charge < -0.3 is 15.4 Å². The Morgan fingerprint density at radius 2 is 2.10 bits per heavy atom. The minimum absolute atomic E-state index is 0.145. The third kappa shape index (κ3) is 3.34. The standard InChI is InChI=1S/C13H17Cl2N3O2/c1-8(13(16)19)18(9-4-6-20-7-5-9)10-2-3-11(14)17-12(10)15/h2-3,8-9H,4-7H2,1H3,(H2,16,19)/t8-/m1/s1. The Hall–Kier alpha value is -1.04. The molecule has 2 N–H and O–H groups in total. The zero-order chi connectivity index (χ0) is 14.7. The fraction of sp³-hybridized carbons (Fsp3) is 0.538. The normalized spacial score (nSPS) is 17.8. The van der Waals surface area contributed by atoms with E-state index in [-0.39, 0.29) is 11.2 Å². The highest BCUT2D eigenvalue weighted by molar-refractivity contribution is 6.34. The van der Waals surface area contributed by atoms with E-state index < -0.39 is 11.9 Å². The zero-order valence-corrected chi connectivity index (χ0v) is 12.7. The minimum Gasteiger partial charge on any atom is -0.381 e. The molecule has 1 saturated heterocycles. The van der Waals surface area contributed by atoms with Crippen molar-refractivity contribution in [1.82, 2.24) is 4.98 Å². The van der Waals surface area contributed by atoms with Crippen LogP contribution in [-0.2, 0) is 9.53 Å². The van der Waals surface area contributed by atoms with Gasteiger partial charge in [0.05, 0.1) is 5.69 Å². The van der Waals surface area contributed by atoms with Gasteiger partial charge in [0.25, 0.3) is 0 Å². The molecule has 2 rings (SSSR count). The van der Waals surface area contributed by atoms with Crippen molar-refractivity contribution < 1.29 is 9.53 Å². The molecule has 1 aromatic rings. The molecule has 5 nitrogen and oxygen atoms in total. The Morgan fingerprint density at radius 3 is 2.65 bits per heavy atom. The van der Waals surface area contributed by atoms with Crippen molar-refractivity contribution >= 4 is 34.8 Å². The summed E-state index contributed by atoms with van der Waals surface area (Å²) in [6.45, 7) is 3.08. The Morgan fingerprint density at radius 1 is 1.45 bits per heavy atom. The van der Waals surface area contributed by atoms with E-state index in [4.69, 9.17) is 33.7 Å². The van der Waals surface area contributed by atoms with Crippen LogP contribution in [0.2, 0.25) is 10.3 Å². The lowest BCUT2D eigenvalue weighted by molar-refractivity contribution is -0.119. The van der Waals surface area contributed by atoms with Crippen LogP contribution in [0.25, 0.3) is 0 Å². The molecular weight excluding hydrogens is 301 g/mol. The molecule has 1 aliphatic heterocycles. The lowest BCUT2D eigenvalue weighted by atomic mass is 10.0. The molecule has 0 spiro atoms. The fourth-order valence-electron chi connectivity index (χ4n) is 2.42. The van der Waals surface area contributed by atoms with Gasteiger partial charge >= 0.3 is 0 Å². The second-order valence-corrected chi connectivity index (χ2v) is 5.52. The number of hydrogen-bond acceptors (Lipinski definition) is 4. The molecule has 0 unspecified atom stereocenters. The number of nitrogens with zero attached hydrogens (tertiary/aromatic N) is 2. The largest absolute Gasteiger partial charge is 0.381 e. The van der Waals surface area contributed by atoms with Gasteiger partial charge in [-0.2, -0.15) is 0 Å². The predicted octanol–water partition coefficient (Wildman–Crippen LogP) is 2.25. The third-order valence-electron chi connectivity index (χ3n) is 3.49. The molecular formula is C13H17Cl2N3O2. The first-order chi connectivity index (χ1) is 9.50. The van der Waals surface area contributed by atoms with E-state index in [9.17, 15) is 4.79 Å². The van der Waals surface area contributed by atoms with Gasteiger partial charge in [-0.1, -0.05) is 23.2 Å². The number of pyridine rings is 1. The van der Waals surface area contributed by atoms with Gasteiger partial charge in [0.1, 0.15) is 11.2 Å². The maximum atomic E-state index is 11.6. The number of aromatic nitrogens is 1. The van der Waals surface area contributed by atoms with Crippen molar-refractivity contribution in [3.05, 3.63) is 22.4 Å². The van der Waals surface area contributed by atoms with E-state index in [0.717, 1.165) is 12.8 Å². The van der Waals surface area contributed by atoms with Crippen LogP contribution in [0.4, 0.5) is 5.69 Å². The number of ether oxygens (including phenoxy) is 1. The maximum absolute atomic E-state index is 11.6. The molecule has 2 heterocycles. The Kier molecular flexibility index (Phi) is 5.07. The van der Waals surface area contributed by atoms with Gasteiger partial charge in [-0.05, 0) is 31.9 Å². The van der Waals surface area contributed by atoms with E-state index in [1.807, 2.05) is 4.90 Å². The van der Waals surface area contributed by atoms with E-state index in [1.54, 1.807) is 19.1 Å². The predicted molar refractivity (Wildman–Crippen MR) is 79.2 cm³/mol. The molecule has 0 bridgehead atoms. The second-order valence-electron chi connectivity index (χ2n) is 4.77. The Labute approximate surface area is 128 Å². The van der Waals surface area contributed by atoms with Crippen LogP contribution in [0.3, 0.4) is 0 Å². The Bertz CT molecular complexity index is 493. The first-order valence-electron chi connectivity index (χ1n) is 6.48. The molecule has 0 radical (unpaired) electrons. The molecule has 7 heteroatoms. The number of carbonyl (C=O) groups excluding carboxylic acids is 1. The van der Waals surface area contributed by atoms with Crippen LogP contribution in [0.1, 0.15) is 19.8 Å². The quantitative estimate of drug-likeness (QED) is 0.865. The lowest BCUT2D eigenvalue weighted by Gasteiger charge is -2.39. The Balaban J connectivity index is 2.36. The van der Waals surface area contributed by atoms with Crippen molar-refractivity contribution in [2.45, 2.75) is 31.8 Å².